The number of ether oxygens (including phenoxy) is 1. The van der Waals surface area contributed by atoms with Crippen LogP contribution in [-0.2, 0) is 11.2 Å². The van der Waals surface area contributed by atoms with Gasteiger partial charge in [0.25, 0.3) is 5.22 Å². The van der Waals surface area contributed by atoms with Crippen molar-refractivity contribution in [3.05, 3.63) is 40.6 Å². The lowest BCUT2D eigenvalue weighted by atomic mass is 10.2. The van der Waals surface area contributed by atoms with Gasteiger partial charge in [-0.1, -0.05) is 25.1 Å². The molecule has 0 spiro atoms. The Morgan fingerprint density at radius 2 is 2.26 bits per heavy atom. The van der Waals surface area contributed by atoms with Crippen molar-refractivity contribution in [1.29, 1.82) is 5.26 Å². The molecule has 0 saturated heterocycles. The molecule has 2 aromatic rings. The van der Waals surface area contributed by atoms with E-state index in [1.807, 2.05) is 13.0 Å². The molecule has 0 radical (unpaired) electrons. The molecule has 2 rings (SSSR count). The molecular weight excluding hydrogens is 318 g/mol. The number of nitrogens with zero attached hydrogens (tertiary/aromatic N) is 3. The molecule has 1 heterocycles. The van der Waals surface area contributed by atoms with Crippen LogP contribution in [0, 0.1) is 11.3 Å². The Bertz CT molecular complexity index is 764. The van der Waals surface area contributed by atoms with Gasteiger partial charge < -0.3 is 14.3 Å². The number of aryl methyl sites for hydroxylation is 1. The minimum Gasteiger partial charge on any atom is -0.478 e. The molecule has 1 aromatic heterocycles. The molecule has 0 aliphatic rings. The predicted molar refractivity (Wildman–Crippen MR) is 82.7 cm³/mol. The fourth-order valence-corrected chi connectivity index (χ4v) is 2.31. The summed E-state index contributed by atoms with van der Waals surface area (Å²) in [5.41, 5.74) is 0.544. The Hall–Kier alpha value is -2.79. The van der Waals surface area contributed by atoms with E-state index in [2.05, 4.69) is 10.2 Å². The number of para-hydroxylation sites is 1. The monoisotopic (exact) mass is 331 g/mol. The third kappa shape index (κ3) is 4.59. The van der Waals surface area contributed by atoms with E-state index >= 15 is 0 Å². The van der Waals surface area contributed by atoms with Crippen LogP contribution in [0.5, 0.6) is 5.75 Å². The number of hydrogen-bond donors (Lipinski definition) is 1. The zero-order valence-corrected chi connectivity index (χ0v) is 13.0. The third-order valence-corrected chi connectivity index (χ3v) is 3.51. The molecule has 23 heavy (non-hydrogen) atoms. The van der Waals surface area contributed by atoms with Crippen LogP contribution in [-0.4, -0.2) is 27.9 Å². The summed E-state index contributed by atoms with van der Waals surface area (Å²) in [4.78, 5) is 11.4. The predicted octanol–water partition coefficient (Wildman–Crippen LogP) is 2.75. The third-order valence-electron chi connectivity index (χ3n) is 2.66. The van der Waals surface area contributed by atoms with Crippen molar-refractivity contribution in [3.8, 4) is 11.8 Å². The van der Waals surface area contributed by atoms with Crippen LogP contribution in [0.15, 0.2) is 38.8 Å². The first-order chi connectivity index (χ1) is 11.1. The summed E-state index contributed by atoms with van der Waals surface area (Å²) in [6.07, 6.45) is 2.01. The van der Waals surface area contributed by atoms with Crippen LogP contribution in [0.1, 0.15) is 18.4 Å². The van der Waals surface area contributed by atoms with Crippen LogP contribution >= 0.6 is 11.8 Å². The van der Waals surface area contributed by atoms with E-state index in [1.165, 1.54) is 6.08 Å². The highest BCUT2D eigenvalue weighted by Gasteiger charge is 2.15. The number of hydrogen-bond acceptors (Lipinski definition) is 7. The number of aromatic nitrogens is 2. The lowest BCUT2D eigenvalue weighted by molar-refractivity contribution is -0.131. The molecule has 0 fully saturated rings. The number of aliphatic carboxylic acids is 1. The van der Waals surface area contributed by atoms with Gasteiger partial charge in [0.2, 0.25) is 5.89 Å². The Morgan fingerprint density at radius 1 is 1.48 bits per heavy atom. The lowest BCUT2D eigenvalue weighted by Gasteiger charge is -2.06. The molecule has 118 valence electrons. The van der Waals surface area contributed by atoms with E-state index in [-0.39, 0.29) is 16.7 Å². The maximum atomic E-state index is 11.4. The molecule has 1 aromatic carbocycles. The minimum absolute atomic E-state index is 0.00399. The smallest absolute Gasteiger partial charge is 0.342 e. The molecule has 0 amide bonds. The number of rotatable bonds is 7. The molecular formula is C15H13N3O4S. The Labute approximate surface area is 136 Å². The second-order valence-electron chi connectivity index (χ2n) is 4.22. The van der Waals surface area contributed by atoms with Crippen LogP contribution in [0.2, 0.25) is 0 Å². The first-order valence-electron chi connectivity index (χ1n) is 6.68. The van der Waals surface area contributed by atoms with Crippen LogP contribution < -0.4 is 4.74 Å². The molecule has 8 heteroatoms. The first kappa shape index (κ1) is 16.6. The maximum Gasteiger partial charge on any atom is 0.342 e. The molecule has 7 nitrogen and oxygen atoms in total. The zero-order valence-electron chi connectivity index (χ0n) is 12.2. The summed E-state index contributed by atoms with van der Waals surface area (Å²) in [6.45, 7) is 1.74. The van der Waals surface area contributed by atoms with Gasteiger partial charge >= 0.3 is 5.97 Å². The Balaban J connectivity index is 2.28. The van der Waals surface area contributed by atoms with Crippen LogP contribution in [0.3, 0.4) is 0 Å². The summed E-state index contributed by atoms with van der Waals surface area (Å²) in [7, 11) is 0. The highest BCUT2D eigenvalue weighted by Crippen LogP contribution is 2.30. The van der Waals surface area contributed by atoms with E-state index < -0.39 is 5.97 Å². The van der Waals surface area contributed by atoms with E-state index in [0.29, 0.717) is 23.6 Å². The summed E-state index contributed by atoms with van der Waals surface area (Å²) < 4.78 is 10.6. The highest BCUT2D eigenvalue weighted by molar-refractivity contribution is 8.03. The van der Waals surface area contributed by atoms with Gasteiger partial charge in [0.05, 0.1) is 0 Å². The average molecular weight is 331 g/mol. The second kappa shape index (κ2) is 8.00. The van der Waals surface area contributed by atoms with Gasteiger partial charge in [0.1, 0.15) is 16.7 Å². The fraction of sp³-hybridized carbons (Fsp3) is 0.200. The van der Waals surface area contributed by atoms with E-state index in [1.54, 1.807) is 24.3 Å². The van der Waals surface area contributed by atoms with Crippen molar-refractivity contribution in [3.63, 3.8) is 0 Å². The fourth-order valence-electron chi connectivity index (χ4n) is 1.63. The van der Waals surface area contributed by atoms with Gasteiger partial charge in [0.15, 0.2) is 6.61 Å². The average Bonchev–Trinajstić information content (AvgIpc) is 3.01. The second-order valence-corrected chi connectivity index (χ2v) is 5.21. The normalized spacial score (nSPS) is 11.0. The highest BCUT2D eigenvalue weighted by atomic mass is 32.2. The van der Waals surface area contributed by atoms with Gasteiger partial charge in [-0.15, -0.1) is 10.2 Å². The number of carboxylic acid groups (broad SMARTS) is 1. The van der Waals surface area contributed by atoms with Gasteiger partial charge in [-0.25, -0.2) is 4.79 Å². The number of carbonyl (C=O) groups is 1. The molecule has 0 atom stereocenters. The van der Waals surface area contributed by atoms with Crippen molar-refractivity contribution in [2.45, 2.75) is 18.6 Å². The van der Waals surface area contributed by atoms with Crippen molar-refractivity contribution in [1.82, 2.24) is 10.2 Å². The first-order valence-corrected chi connectivity index (χ1v) is 7.49. The van der Waals surface area contributed by atoms with Crippen molar-refractivity contribution in [2.24, 2.45) is 0 Å². The van der Waals surface area contributed by atoms with Gasteiger partial charge in [0, 0.05) is 12.0 Å². The molecule has 0 saturated carbocycles. The Kier molecular flexibility index (Phi) is 5.77. The number of nitriles is 1. The molecule has 0 unspecified atom stereocenters. The van der Waals surface area contributed by atoms with Gasteiger partial charge in [-0.3, -0.25) is 0 Å². The molecule has 0 bridgehead atoms. The summed E-state index contributed by atoms with van der Waals surface area (Å²) in [5.74, 6) is -0.260. The SMILES string of the molecule is CCc1nnc(S/C(=C\c2ccccc2OCC#N)C(=O)O)o1. The molecule has 1 N–H and O–H groups in total. The van der Waals surface area contributed by atoms with Crippen molar-refractivity contribution >= 4 is 23.8 Å². The molecule has 0 aliphatic carbocycles. The Morgan fingerprint density at radius 3 is 2.91 bits per heavy atom. The van der Waals surface area contributed by atoms with E-state index in [9.17, 15) is 9.90 Å². The van der Waals surface area contributed by atoms with Crippen molar-refractivity contribution in [2.75, 3.05) is 6.61 Å². The largest absolute Gasteiger partial charge is 0.478 e. The lowest BCUT2D eigenvalue weighted by Crippen LogP contribution is -1.99. The number of benzene rings is 1. The zero-order chi connectivity index (χ0) is 16.7. The number of carboxylic acids is 1. The van der Waals surface area contributed by atoms with E-state index in [4.69, 9.17) is 14.4 Å². The minimum atomic E-state index is -1.12. The standard InChI is InChI=1S/C15H13N3O4S/c1-2-13-17-18-15(22-13)23-12(14(19)20)9-10-5-3-4-6-11(10)21-8-7-16/h3-6,9H,2,8H2,1H3,(H,19,20)/b12-9-. The van der Waals surface area contributed by atoms with Crippen LogP contribution in [0.25, 0.3) is 6.08 Å². The molecule has 0 aliphatic heterocycles. The number of thioether (sulfide) groups is 1. The van der Waals surface area contributed by atoms with E-state index in [0.717, 1.165) is 11.8 Å². The summed E-state index contributed by atoms with van der Waals surface area (Å²) >= 11 is 0.861. The van der Waals surface area contributed by atoms with Gasteiger partial charge in [-0.05, 0) is 23.9 Å². The quantitative estimate of drug-likeness (QED) is 0.609. The summed E-state index contributed by atoms with van der Waals surface area (Å²) in [5, 5.41) is 25.7. The van der Waals surface area contributed by atoms with Gasteiger partial charge in [-0.2, -0.15) is 5.26 Å². The summed E-state index contributed by atoms with van der Waals surface area (Å²) in [6, 6.07) is 8.71. The maximum absolute atomic E-state index is 11.4. The topological polar surface area (TPSA) is 109 Å². The van der Waals surface area contributed by atoms with Crippen LogP contribution in [0.4, 0.5) is 0 Å². The van der Waals surface area contributed by atoms with Crippen molar-refractivity contribution < 1.29 is 19.1 Å².